The molecular weight excluding hydrogens is 224 g/mol. The normalized spacial score (nSPS) is 10.8. The smallest absolute Gasteiger partial charge is 0.146 e. The monoisotopic (exact) mass is 244 g/mol. The van der Waals surface area contributed by atoms with Crippen molar-refractivity contribution in [3.63, 3.8) is 0 Å². The van der Waals surface area contributed by atoms with Crippen LogP contribution in [0.3, 0.4) is 0 Å². The van der Waals surface area contributed by atoms with Crippen LogP contribution in [0.5, 0.6) is 0 Å². The highest BCUT2D eigenvalue weighted by atomic mass is 15.3. The van der Waals surface area contributed by atoms with Crippen LogP contribution < -0.4 is 5.32 Å². The zero-order chi connectivity index (χ0) is 13.0. The zero-order valence-corrected chi connectivity index (χ0v) is 11.3. The maximum atomic E-state index is 4.31. The summed E-state index contributed by atoms with van der Waals surface area (Å²) in [6.45, 7) is 8.10. The molecule has 4 nitrogen and oxygen atoms in total. The largest absolute Gasteiger partial charge is 0.310 e. The first-order valence-corrected chi connectivity index (χ1v) is 6.39. The molecule has 1 N–H and O–H groups in total. The Morgan fingerprint density at radius 1 is 1.17 bits per heavy atom. The standard InChI is InChI=1S/C14H20N4/c1-4-5-15-9-14-16-10-17-18(14)13-7-11(2)6-12(3)8-13/h6-8,10,15H,4-5,9H2,1-3H3. The Kier molecular flexibility index (Phi) is 4.10. The van der Waals surface area contributed by atoms with Crippen LogP contribution in [0.1, 0.15) is 30.3 Å². The van der Waals surface area contributed by atoms with E-state index in [1.165, 1.54) is 11.1 Å². The number of hydrogen-bond acceptors (Lipinski definition) is 3. The van der Waals surface area contributed by atoms with Crippen molar-refractivity contribution in [2.24, 2.45) is 0 Å². The third-order valence-electron chi connectivity index (χ3n) is 2.78. The number of nitrogens with one attached hydrogen (secondary N) is 1. The quantitative estimate of drug-likeness (QED) is 0.821. The number of nitrogens with zero attached hydrogens (tertiary/aromatic N) is 3. The molecule has 0 aliphatic heterocycles. The highest BCUT2D eigenvalue weighted by molar-refractivity contribution is 5.39. The van der Waals surface area contributed by atoms with Crippen LogP contribution in [0, 0.1) is 13.8 Å². The first-order chi connectivity index (χ1) is 8.70. The number of aryl methyl sites for hydroxylation is 2. The van der Waals surface area contributed by atoms with Crippen molar-refractivity contribution in [2.45, 2.75) is 33.7 Å². The van der Waals surface area contributed by atoms with E-state index in [1.807, 2.05) is 4.68 Å². The van der Waals surface area contributed by atoms with Gasteiger partial charge in [0, 0.05) is 0 Å². The molecule has 1 aromatic carbocycles. The first-order valence-electron chi connectivity index (χ1n) is 6.39. The van der Waals surface area contributed by atoms with Gasteiger partial charge in [-0.25, -0.2) is 9.67 Å². The molecule has 0 aliphatic carbocycles. The summed E-state index contributed by atoms with van der Waals surface area (Å²) in [5.74, 6) is 0.952. The van der Waals surface area contributed by atoms with Crippen LogP contribution in [-0.4, -0.2) is 21.3 Å². The lowest BCUT2D eigenvalue weighted by atomic mass is 10.1. The zero-order valence-electron chi connectivity index (χ0n) is 11.3. The van der Waals surface area contributed by atoms with E-state index in [1.54, 1.807) is 6.33 Å². The molecule has 0 atom stereocenters. The van der Waals surface area contributed by atoms with Crippen LogP contribution in [0.15, 0.2) is 24.5 Å². The molecule has 0 aliphatic rings. The Morgan fingerprint density at radius 2 is 1.89 bits per heavy atom. The molecule has 0 saturated heterocycles. The minimum Gasteiger partial charge on any atom is -0.310 e. The first kappa shape index (κ1) is 12.8. The minimum atomic E-state index is 0.751. The second-order valence-corrected chi connectivity index (χ2v) is 4.61. The topological polar surface area (TPSA) is 42.7 Å². The van der Waals surface area contributed by atoms with Gasteiger partial charge in [0.15, 0.2) is 0 Å². The Balaban J connectivity index is 2.24. The summed E-state index contributed by atoms with van der Waals surface area (Å²) < 4.78 is 1.91. The Bertz CT molecular complexity index is 496. The summed E-state index contributed by atoms with van der Waals surface area (Å²) in [7, 11) is 0. The third-order valence-corrected chi connectivity index (χ3v) is 2.78. The number of hydrogen-bond donors (Lipinski definition) is 1. The molecule has 2 rings (SSSR count). The number of aromatic nitrogens is 3. The maximum absolute atomic E-state index is 4.31. The van der Waals surface area contributed by atoms with Gasteiger partial charge >= 0.3 is 0 Å². The van der Waals surface area contributed by atoms with E-state index >= 15 is 0 Å². The van der Waals surface area contributed by atoms with Gasteiger partial charge in [0.05, 0.1) is 12.2 Å². The van der Waals surface area contributed by atoms with Crippen molar-refractivity contribution in [2.75, 3.05) is 6.54 Å². The van der Waals surface area contributed by atoms with Gasteiger partial charge in [-0.1, -0.05) is 13.0 Å². The molecule has 0 bridgehead atoms. The molecular formula is C14H20N4. The van der Waals surface area contributed by atoms with E-state index in [0.29, 0.717) is 0 Å². The average Bonchev–Trinajstić information content (AvgIpc) is 2.76. The van der Waals surface area contributed by atoms with Crippen LogP contribution in [0.25, 0.3) is 5.69 Å². The number of rotatable bonds is 5. The lowest BCUT2D eigenvalue weighted by molar-refractivity contribution is 0.632. The summed E-state index contributed by atoms with van der Waals surface area (Å²) in [5, 5.41) is 7.67. The fraction of sp³-hybridized carbons (Fsp3) is 0.429. The van der Waals surface area contributed by atoms with E-state index in [0.717, 1.165) is 31.0 Å². The van der Waals surface area contributed by atoms with E-state index in [-0.39, 0.29) is 0 Å². The maximum Gasteiger partial charge on any atom is 0.146 e. The van der Waals surface area contributed by atoms with Gasteiger partial charge in [-0.2, -0.15) is 5.10 Å². The van der Waals surface area contributed by atoms with Gasteiger partial charge in [0.2, 0.25) is 0 Å². The lowest BCUT2D eigenvalue weighted by Gasteiger charge is -2.08. The van der Waals surface area contributed by atoms with Crippen molar-refractivity contribution in [3.05, 3.63) is 41.5 Å². The highest BCUT2D eigenvalue weighted by Gasteiger charge is 2.06. The van der Waals surface area contributed by atoms with Crippen LogP contribution in [0.4, 0.5) is 0 Å². The summed E-state index contributed by atoms with van der Waals surface area (Å²) in [5.41, 5.74) is 3.57. The van der Waals surface area contributed by atoms with E-state index in [2.05, 4.69) is 54.4 Å². The van der Waals surface area contributed by atoms with Crippen molar-refractivity contribution in [1.29, 1.82) is 0 Å². The van der Waals surface area contributed by atoms with Crippen LogP contribution in [-0.2, 0) is 6.54 Å². The SMILES string of the molecule is CCCNCc1ncnn1-c1cc(C)cc(C)c1. The van der Waals surface area contributed by atoms with Crippen molar-refractivity contribution >= 4 is 0 Å². The molecule has 0 fully saturated rings. The van der Waals surface area contributed by atoms with Gasteiger partial charge in [0.1, 0.15) is 12.2 Å². The van der Waals surface area contributed by atoms with Crippen LogP contribution >= 0.6 is 0 Å². The van der Waals surface area contributed by atoms with Gasteiger partial charge in [0.25, 0.3) is 0 Å². The summed E-state index contributed by atoms with van der Waals surface area (Å²) >= 11 is 0. The fourth-order valence-electron chi connectivity index (χ4n) is 2.05. The van der Waals surface area contributed by atoms with Gasteiger partial charge in [-0.05, 0) is 50.1 Å². The van der Waals surface area contributed by atoms with Crippen molar-refractivity contribution in [1.82, 2.24) is 20.1 Å². The molecule has 0 unspecified atom stereocenters. The third kappa shape index (κ3) is 2.96. The molecule has 0 spiro atoms. The predicted octanol–water partition coefficient (Wildman–Crippen LogP) is 2.38. The summed E-state index contributed by atoms with van der Waals surface area (Å²) in [6, 6.07) is 6.42. The average molecular weight is 244 g/mol. The lowest BCUT2D eigenvalue weighted by Crippen LogP contribution is -2.17. The fourth-order valence-corrected chi connectivity index (χ4v) is 2.05. The molecule has 0 saturated carbocycles. The molecule has 96 valence electrons. The molecule has 18 heavy (non-hydrogen) atoms. The van der Waals surface area contributed by atoms with Gasteiger partial charge < -0.3 is 5.32 Å². The van der Waals surface area contributed by atoms with Crippen molar-refractivity contribution < 1.29 is 0 Å². The molecule has 1 heterocycles. The minimum absolute atomic E-state index is 0.751. The Morgan fingerprint density at radius 3 is 2.56 bits per heavy atom. The number of benzene rings is 1. The molecule has 4 heteroatoms. The van der Waals surface area contributed by atoms with E-state index < -0.39 is 0 Å². The van der Waals surface area contributed by atoms with Crippen molar-refractivity contribution in [3.8, 4) is 5.69 Å². The van der Waals surface area contributed by atoms with Gasteiger partial charge in [-0.3, -0.25) is 0 Å². The second-order valence-electron chi connectivity index (χ2n) is 4.61. The highest BCUT2D eigenvalue weighted by Crippen LogP contribution is 2.13. The molecule has 0 radical (unpaired) electrons. The molecule has 0 amide bonds. The van der Waals surface area contributed by atoms with E-state index in [9.17, 15) is 0 Å². The van der Waals surface area contributed by atoms with E-state index in [4.69, 9.17) is 0 Å². The summed E-state index contributed by atoms with van der Waals surface area (Å²) in [4.78, 5) is 4.31. The summed E-state index contributed by atoms with van der Waals surface area (Å²) in [6.07, 6.45) is 2.73. The Hall–Kier alpha value is -1.68. The second kappa shape index (κ2) is 5.78. The van der Waals surface area contributed by atoms with Crippen LogP contribution in [0.2, 0.25) is 0 Å². The Labute approximate surface area is 108 Å². The molecule has 1 aromatic heterocycles. The predicted molar refractivity (Wildman–Crippen MR) is 72.8 cm³/mol. The molecule has 2 aromatic rings. The van der Waals surface area contributed by atoms with Gasteiger partial charge in [-0.15, -0.1) is 0 Å².